The number of nitrogens with one attached hydrogen (secondary N) is 1. The van der Waals surface area contributed by atoms with Crippen molar-refractivity contribution < 1.29 is 22.9 Å². The van der Waals surface area contributed by atoms with E-state index in [2.05, 4.69) is 26.2 Å². The van der Waals surface area contributed by atoms with Crippen LogP contribution in [0.15, 0.2) is 35.7 Å². The van der Waals surface area contributed by atoms with Gasteiger partial charge in [0.15, 0.2) is 0 Å². The highest BCUT2D eigenvalue weighted by atomic mass is 35.5. The topological polar surface area (TPSA) is 94.9 Å². The van der Waals surface area contributed by atoms with Gasteiger partial charge in [0, 0.05) is 24.4 Å². The summed E-state index contributed by atoms with van der Waals surface area (Å²) >= 11 is 0. The van der Waals surface area contributed by atoms with Crippen LogP contribution in [0.3, 0.4) is 0 Å². The maximum absolute atomic E-state index is 11.6. The average Bonchev–Trinajstić information content (AvgIpc) is 2.52. The van der Waals surface area contributed by atoms with Crippen molar-refractivity contribution in [3.63, 3.8) is 0 Å². The Morgan fingerprint density at radius 3 is 2.86 bits per heavy atom. The lowest BCUT2D eigenvalue weighted by atomic mass is 10.2. The van der Waals surface area contributed by atoms with Gasteiger partial charge in [-0.05, 0) is 25.3 Å². The first-order valence-electron chi connectivity index (χ1n) is 7.12. The van der Waals surface area contributed by atoms with E-state index < -0.39 is 0 Å². The normalized spacial score (nSPS) is 10.6. The lowest BCUT2D eigenvalue weighted by Gasteiger charge is -2.01. The number of benzene rings is 1. The van der Waals surface area contributed by atoms with E-state index in [9.17, 15) is 4.79 Å². The molecular formula is C15H20ClN5O. The number of unbranched alkanes of at least 4 members (excludes halogenated alkanes) is 2. The molecule has 0 aliphatic heterocycles. The molecule has 0 fully saturated rings. The van der Waals surface area contributed by atoms with Crippen LogP contribution in [0.1, 0.15) is 31.2 Å². The van der Waals surface area contributed by atoms with Gasteiger partial charge in [-0.2, -0.15) is 5.10 Å². The molecule has 0 saturated carbocycles. The fourth-order valence-electron chi connectivity index (χ4n) is 1.99. The molecule has 22 heavy (non-hydrogen) atoms. The van der Waals surface area contributed by atoms with Crippen LogP contribution in [0, 0.1) is 0 Å². The predicted molar refractivity (Wildman–Crippen MR) is 81.5 cm³/mol. The largest absolute Gasteiger partial charge is 1.00 e. The molecule has 1 aromatic carbocycles. The molecule has 4 N–H and O–H groups in total. The number of rotatable bonds is 7. The van der Waals surface area contributed by atoms with Crippen molar-refractivity contribution in [1.82, 2.24) is 15.4 Å². The maximum atomic E-state index is 11.6. The molecule has 6 nitrogen and oxygen atoms in total. The Balaban J connectivity index is 0.00000242. The number of carbonyl (C=O) groups is 1. The minimum atomic E-state index is -0.0679. The van der Waals surface area contributed by atoms with Gasteiger partial charge in [0.05, 0.1) is 23.8 Å². The van der Waals surface area contributed by atoms with Crippen LogP contribution >= 0.6 is 0 Å². The molecule has 0 spiro atoms. The van der Waals surface area contributed by atoms with E-state index in [1.165, 1.54) is 0 Å². The van der Waals surface area contributed by atoms with Gasteiger partial charge in [-0.15, -0.1) is 0 Å². The second-order valence-corrected chi connectivity index (χ2v) is 4.73. The number of halogens is 1. The highest BCUT2D eigenvalue weighted by Gasteiger charge is 2.01. The number of quaternary nitrogens is 1. The minimum Gasteiger partial charge on any atom is -1.00 e. The number of hydrogen-bond donors (Lipinski definition) is 2. The predicted octanol–water partition coefficient (Wildman–Crippen LogP) is -2.11. The summed E-state index contributed by atoms with van der Waals surface area (Å²) in [6.07, 6.45) is 8.34. The van der Waals surface area contributed by atoms with Crippen molar-refractivity contribution in [1.29, 1.82) is 0 Å². The lowest BCUT2D eigenvalue weighted by molar-refractivity contribution is -0.368. The van der Waals surface area contributed by atoms with Crippen molar-refractivity contribution >= 4 is 23.2 Å². The highest BCUT2D eigenvalue weighted by molar-refractivity contribution is 5.96. The van der Waals surface area contributed by atoms with E-state index in [1.54, 1.807) is 18.6 Å². The summed E-state index contributed by atoms with van der Waals surface area (Å²) in [5.74, 6) is -0.0679. The Labute approximate surface area is 135 Å². The van der Waals surface area contributed by atoms with Crippen LogP contribution in [0.4, 0.5) is 0 Å². The standard InChI is InChI=1S/C15H19N5O.ClH/c16-8-3-1-2-7-14(21)20-19-11-12-5-4-6-13-15(12)18-10-9-17-13;/h4-6,9-11H,1-3,7-8,16H2,(H,20,21);1H. The molecule has 0 radical (unpaired) electrons. The Morgan fingerprint density at radius 2 is 2.05 bits per heavy atom. The van der Waals surface area contributed by atoms with E-state index in [4.69, 9.17) is 0 Å². The summed E-state index contributed by atoms with van der Waals surface area (Å²) < 4.78 is 0. The molecule has 118 valence electrons. The first-order chi connectivity index (χ1) is 10.3. The number of aromatic nitrogens is 2. The molecule has 0 unspecified atom stereocenters. The van der Waals surface area contributed by atoms with Gasteiger partial charge in [0.1, 0.15) is 0 Å². The Hall–Kier alpha value is -2.05. The maximum Gasteiger partial charge on any atom is 0.240 e. The lowest BCUT2D eigenvalue weighted by Crippen LogP contribution is -3.00. The molecule has 1 heterocycles. The van der Waals surface area contributed by atoms with Gasteiger partial charge in [-0.25, -0.2) is 5.43 Å². The molecule has 1 amide bonds. The van der Waals surface area contributed by atoms with Crippen LogP contribution in [0.25, 0.3) is 11.0 Å². The van der Waals surface area contributed by atoms with E-state index >= 15 is 0 Å². The minimum absolute atomic E-state index is 0. The molecule has 2 rings (SSSR count). The SMILES string of the molecule is [Cl-].[NH3+]CCCCCC(=O)NN=Cc1cccc2nccnc12. The zero-order valence-corrected chi connectivity index (χ0v) is 13.1. The van der Waals surface area contributed by atoms with Gasteiger partial charge in [0.25, 0.3) is 0 Å². The Morgan fingerprint density at radius 1 is 1.23 bits per heavy atom. The van der Waals surface area contributed by atoms with Crippen molar-refractivity contribution in [3.05, 3.63) is 36.2 Å². The van der Waals surface area contributed by atoms with E-state index in [-0.39, 0.29) is 18.3 Å². The smallest absolute Gasteiger partial charge is 0.240 e. The third-order valence-electron chi connectivity index (χ3n) is 3.08. The van der Waals surface area contributed by atoms with Gasteiger partial charge in [-0.3, -0.25) is 14.8 Å². The first kappa shape index (κ1) is 18.0. The van der Waals surface area contributed by atoms with Crippen LogP contribution in [0.2, 0.25) is 0 Å². The number of hydrogen-bond acceptors (Lipinski definition) is 4. The molecule has 0 bridgehead atoms. The second kappa shape index (κ2) is 9.81. The summed E-state index contributed by atoms with van der Waals surface area (Å²) in [6.45, 7) is 0.919. The highest BCUT2D eigenvalue weighted by Crippen LogP contribution is 2.11. The number of fused-ring (bicyclic) bond motifs is 1. The van der Waals surface area contributed by atoms with E-state index in [1.807, 2.05) is 18.2 Å². The molecule has 0 atom stereocenters. The van der Waals surface area contributed by atoms with Crippen molar-refractivity contribution in [2.45, 2.75) is 25.7 Å². The summed E-state index contributed by atoms with van der Waals surface area (Å²) in [7, 11) is 0. The molecule has 0 aliphatic carbocycles. The third kappa shape index (κ3) is 5.38. The molecule has 1 aromatic heterocycles. The summed E-state index contributed by atoms with van der Waals surface area (Å²) in [5.41, 5.74) is 8.72. The quantitative estimate of drug-likeness (QED) is 0.347. The van der Waals surface area contributed by atoms with Crippen LogP contribution in [-0.4, -0.2) is 28.6 Å². The molecule has 2 aromatic rings. The second-order valence-electron chi connectivity index (χ2n) is 4.73. The Bertz CT molecular complexity index is 627. The molecule has 0 aliphatic rings. The van der Waals surface area contributed by atoms with Crippen molar-refractivity contribution in [2.75, 3.05) is 6.54 Å². The number of nitrogens with zero attached hydrogens (tertiary/aromatic N) is 3. The first-order valence-corrected chi connectivity index (χ1v) is 7.12. The van der Waals surface area contributed by atoms with Crippen LogP contribution < -0.4 is 23.6 Å². The average molecular weight is 322 g/mol. The van der Waals surface area contributed by atoms with Gasteiger partial charge >= 0.3 is 0 Å². The van der Waals surface area contributed by atoms with Gasteiger partial charge < -0.3 is 18.1 Å². The third-order valence-corrected chi connectivity index (χ3v) is 3.08. The van der Waals surface area contributed by atoms with Crippen LogP contribution in [-0.2, 0) is 4.79 Å². The zero-order valence-electron chi connectivity index (χ0n) is 12.3. The van der Waals surface area contributed by atoms with Gasteiger partial charge in [0.2, 0.25) is 5.91 Å². The van der Waals surface area contributed by atoms with Crippen LogP contribution in [0.5, 0.6) is 0 Å². The summed E-state index contributed by atoms with van der Waals surface area (Å²) in [4.78, 5) is 20.1. The summed E-state index contributed by atoms with van der Waals surface area (Å²) in [5, 5.41) is 3.99. The monoisotopic (exact) mass is 321 g/mol. The van der Waals surface area contributed by atoms with E-state index in [0.717, 1.165) is 42.4 Å². The van der Waals surface area contributed by atoms with Crippen molar-refractivity contribution in [2.24, 2.45) is 5.10 Å². The van der Waals surface area contributed by atoms with Gasteiger partial charge in [-0.1, -0.05) is 12.1 Å². The van der Waals surface area contributed by atoms with E-state index in [0.29, 0.717) is 6.42 Å². The molecule has 7 heteroatoms. The summed E-state index contributed by atoms with van der Waals surface area (Å²) in [6, 6.07) is 5.67. The fourth-order valence-corrected chi connectivity index (χ4v) is 1.99. The molecular weight excluding hydrogens is 302 g/mol. The number of carbonyl (C=O) groups excluding carboxylic acids is 1. The molecule has 0 saturated heterocycles. The van der Waals surface area contributed by atoms with Crippen molar-refractivity contribution in [3.8, 4) is 0 Å². The number of amides is 1. The fraction of sp³-hybridized carbons (Fsp3) is 0.333. The number of hydrazone groups is 1. The Kier molecular flexibility index (Phi) is 8.03. The zero-order chi connectivity index (χ0) is 14.9. The number of para-hydroxylation sites is 1.